The highest BCUT2D eigenvalue weighted by atomic mass is 79.9. The lowest BCUT2D eigenvalue weighted by Crippen LogP contribution is -2.12. The summed E-state index contributed by atoms with van der Waals surface area (Å²) in [6.45, 7) is 0. The van der Waals surface area contributed by atoms with Gasteiger partial charge in [-0.3, -0.25) is 0 Å². The highest BCUT2D eigenvalue weighted by Crippen LogP contribution is 2.27. The van der Waals surface area contributed by atoms with Crippen molar-refractivity contribution in [1.82, 2.24) is 9.61 Å². The molecular formula is C11H6BrF3N2. The lowest BCUT2D eigenvalue weighted by molar-refractivity contribution is -0.127. The van der Waals surface area contributed by atoms with Crippen LogP contribution in [0.5, 0.6) is 0 Å². The molecule has 0 aliphatic heterocycles. The van der Waals surface area contributed by atoms with Crippen LogP contribution in [0.2, 0.25) is 0 Å². The van der Waals surface area contributed by atoms with Crippen LogP contribution in [0.25, 0.3) is 5.52 Å². The Morgan fingerprint density at radius 1 is 1.41 bits per heavy atom. The molecule has 2 aromatic rings. The number of hydrogen-bond acceptors (Lipinski definition) is 1. The van der Waals surface area contributed by atoms with Crippen LogP contribution in [-0.4, -0.2) is 15.8 Å². The SMILES string of the molecule is C#Cc1nn2c(Br)cccc2c1CC(F)(F)F. The first-order valence-corrected chi connectivity index (χ1v) is 5.41. The molecule has 0 unspecified atom stereocenters. The first-order chi connectivity index (χ1) is 7.92. The highest BCUT2D eigenvalue weighted by molar-refractivity contribution is 9.10. The van der Waals surface area contributed by atoms with Gasteiger partial charge in [0, 0.05) is 5.56 Å². The molecule has 2 heterocycles. The fraction of sp³-hybridized carbons (Fsp3) is 0.182. The van der Waals surface area contributed by atoms with Crippen LogP contribution < -0.4 is 0 Å². The van der Waals surface area contributed by atoms with Gasteiger partial charge < -0.3 is 0 Å². The number of fused-ring (bicyclic) bond motifs is 1. The van der Waals surface area contributed by atoms with Gasteiger partial charge in [-0.15, -0.1) is 6.42 Å². The van der Waals surface area contributed by atoms with Gasteiger partial charge in [-0.05, 0) is 34.0 Å². The van der Waals surface area contributed by atoms with Crippen molar-refractivity contribution in [3.05, 3.63) is 34.1 Å². The van der Waals surface area contributed by atoms with E-state index in [0.29, 0.717) is 10.1 Å². The van der Waals surface area contributed by atoms with Crippen LogP contribution in [0, 0.1) is 12.3 Å². The molecule has 0 aromatic carbocycles. The van der Waals surface area contributed by atoms with Crippen molar-refractivity contribution < 1.29 is 13.2 Å². The molecule has 88 valence electrons. The molecular weight excluding hydrogens is 297 g/mol. The molecule has 2 nitrogen and oxygen atoms in total. The van der Waals surface area contributed by atoms with Gasteiger partial charge in [-0.1, -0.05) is 6.07 Å². The normalized spacial score (nSPS) is 11.7. The number of rotatable bonds is 1. The third-order valence-electron chi connectivity index (χ3n) is 2.23. The van der Waals surface area contributed by atoms with Crippen molar-refractivity contribution in [2.45, 2.75) is 12.6 Å². The highest BCUT2D eigenvalue weighted by Gasteiger charge is 2.31. The number of aromatic nitrogens is 2. The van der Waals surface area contributed by atoms with Crippen LogP contribution in [0.4, 0.5) is 13.2 Å². The number of terminal acetylenes is 1. The number of pyridine rings is 1. The van der Waals surface area contributed by atoms with E-state index in [9.17, 15) is 13.2 Å². The Morgan fingerprint density at radius 3 is 2.71 bits per heavy atom. The molecule has 17 heavy (non-hydrogen) atoms. The van der Waals surface area contributed by atoms with Gasteiger partial charge >= 0.3 is 6.18 Å². The van der Waals surface area contributed by atoms with E-state index >= 15 is 0 Å². The molecule has 0 N–H and O–H groups in total. The molecule has 2 rings (SSSR count). The van der Waals surface area contributed by atoms with E-state index in [2.05, 4.69) is 26.9 Å². The van der Waals surface area contributed by atoms with E-state index in [1.165, 1.54) is 4.52 Å². The van der Waals surface area contributed by atoms with Gasteiger partial charge in [0.25, 0.3) is 0 Å². The zero-order chi connectivity index (χ0) is 12.6. The molecule has 0 aliphatic carbocycles. The van der Waals surface area contributed by atoms with Gasteiger partial charge in [0.1, 0.15) is 10.3 Å². The fourth-order valence-electron chi connectivity index (χ4n) is 1.58. The van der Waals surface area contributed by atoms with E-state index in [1.807, 2.05) is 0 Å². The number of nitrogens with zero attached hydrogens (tertiary/aromatic N) is 2. The van der Waals surface area contributed by atoms with Crippen LogP contribution in [0.3, 0.4) is 0 Å². The van der Waals surface area contributed by atoms with Crippen molar-refractivity contribution in [1.29, 1.82) is 0 Å². The summed E-state index contributed by atoms with van der Waals surface area (Å²) in [7, 11) is 0. The molecule has 6 heteroatoms. The minimum Gasteiger partial charge on any atom is -0.225 e. The number of hydrogen-bond donors (Lipinski definition) is 0. The largest absolute Gasteiger partial charge is 0.393 e. The first-order valence-electron chi connectivity index (χ1n) is 4.62. The van der Waals surface area contributed by atoms with Gasteiger partial charge in [0.05, 0.1) is 11.9 Å². The average Bonchev–Trinajstić information content (AvgIpc) is 2.56. The molecule has 0 bridgehead atoms. The Hall–Kier alpha value is -1.48. The molecule has 2 aromatic heterocycles. The molecule has 0 saturated carbocycles. The molecule has 0 fully saturated rings. The number of halogens is 4. The van der Waals surface area contributed by atoms with E-state index < -0.39 is 12.6 Å². The summed E-state index contributed by atoms with van der Waals surface area (Å²) >= 11 is 3.20. The molecule has 0 amide bonds. The standard InChI is InChI=1S/C11H6BrF3N2/c1-2-8-7(6-11(13,14)15)9-4-3-5-10(12)17(9)16-8/h1,3-5H,6H2. The van der Waals surface area contributed by atoms with E-state index in [-0.39, 0.29) is 11.3 Å². The summed E-state index contributed by atoms with van der Waals surface area (Å²) in [6, 6.07) is 4.87. The summed E-state index contributed by atoms with van der Waals surface area (Å²) in [5, 5.41) is 3.95. The van der Waals surface area contributed by atoms with Crippen molar-refractivity contribution >= 4 is 21.4 Å². The second-order valence-corrected chi connectivity index (χ2v) is 4.22. The monoisotopic (exact) mass is 302 g/mol. The maximum absolute atomic E-state index is 12.4. The maximum atomic E-state index is 12.4. The lowest BCUT2D eigenvalue weighted by Gasteiger charge is -2.05. The minimum absolute atomic E-state index is 0.0224. The van der Waals surface area contributed by atoms with E-state index in [1.54, 1.807) is 18.2 Å². The lowest BCUT2D eigenvalue weighted by atomic mass is 10.1. The Balaban J connectivity index is 2.68. The average molecular weight is 303 g/mol. The van der Waals surface area contributed by atoms with Gasteiger partial charge in [0.2, 0.25) is 0 Å². The first kappa shape index (κ1) is 12.0. The van der Waals surface area contributed by atoms with E-state index in [0.717, 1.165) is 0 Å². The summed E-state index contributed by atoms with van der Waals surface area (Å²) in [5.74, 6) is 2.18. The van der Waals surface area contributed by atoms with Gasteiger partial charge in [-0.25, -0.2) is 4.52 Å². The summed E-state index contributed by atoms with van der Waals surface area (Å²) in [4.78, 5) is 0. The summed E-state index contributed by atoms with van der Waals surface area (Å²) < 4.78 is 39.3. The smallest absolute Gasteiger partial charge is 0.225 e. The fourth-order valence-corrected chi connectivity index (χ4v) is 2.00. The minimum atomic E-state index is -4.31. The predicted molar refractivity (Wildman–Crippen MR) is 60.6 cm³/mol. The second-order valence-electron chi connectivity index (χ2n) is 3.41. The zero-order valence-corrected chi connectivity index (χ0v) is 10.0. The van der Waals surface area contributed by atoms with Crippen molar-refractivity contribution in [2.24, 2.45) is 0 Å². The van der Waals surface area contributed by atoms with E-state index in [4.69, 9.17) is 6.42 Å². The topological polar surface area (TPSA) is 17.3 Å². The second kappa shape index (κ2) is 4.08. The Kier molecular flexibility index (Phi) is 2.87. The third-order valence-corrected chi connectivity index (χ3v) is 2.83. The molecule has 0 atom stereocenters. The molecule has 0 spiro atoms. The van der Waals surface area contributed by atoms with Gasteiger partial charge in [0.15, 0.2) is 0 Å². The summed E-state index contributed by atoms with van der Waals surface area (Å²) in [5.41, 5.74) is 0.417. The predicted octanol–water partition coefficient (Wildman–Crippen LogP) is 3.18. The van der Waals surface area contributed by atoms with Crippen molar-refractivity contribution in [3.63, 3.8) is 0 Å². The van der Waals surface area contributed by atoms with Gasteiger partial charge in [-0.2, -0.15) is 18.3 Å². The molecule has 0 aliphatic rings. The summed E-state index contributed by atoms with van der Waals surface area (Å²) in [6.07, 6.45) is -0.210. The Morgan fingerprint density at radius 2 is 2.12 bits per heavy atom. The van der Waals surface area contributed by atoms with Crippen LogP contribution in [0.1, 0.15) is 11.3 Å². The number of alkyl halides is 3. The third kappa shape index (κ3) is 2.29. The Labute approximate surface area is 104 Å². The quantitative estimate of drug-likeness (QED) is 0.584. The Bertz CT molecular complexity index is 607. The molecule has 0 radical (unpaired) electrons. The van der Waals surface area contributed by atoms with Crippen molar-refractivity contribution in [3.8, 4) is 12.3 Å². The maximum Gasteiger partial charge on any atom is 0.393 e. The van der Waals surface area contributed by atoms with Crippen LogP contribution >= 0.6 is 15.9 Å². The van der Waals surface area contributed by atoms with Crippen molar-refractivity contribution in [2.75, 3.05) is 0 Å². The molecule has 0 saturated heterocycles. The zero-order valence-electron chi connectivity index (χ0n) is 8.42. The van der Waals surface area contributed by atoms with Crippen LogP contribution in [-0.2, 0) is 6.42 Å². The van der Waals surface area contributed by atoms with Crippen LogP contribution in [0.15, 0.2) is 22.8 Å².